The van der Waals surface area contributed by atoms with Crippen molar-refractivity contribution in [1.82, 2.24) is 14.6 Å². The van der Waals surface area contributed by atoms with Crippen LogP contribution in [0.5, 0.6) is 0 Å². The Morgan fingerprint density at radius 2 is 2.24 bits per heavy atom. The summed E-state index contributed by atoms with van der Waals surface area (Å²) in [6.45, 7) is 6.25. The van der Waals surface area contributed by atoms with Gasteiger partial charge < -0.3 is 5.32 Å². The predicted octanol–water partition coefficient (Wildman–Crippen LogP) is 2.71. The van der Waals surface area contributed by atoms with Gasteiger partial charge in [0.1, 0.15) is 5.52 Å². The predicted molar refractivity (Wildman–Crippen MR) is 70.7 cm³/mol. The van der Waals surface area contributed by atoms with Gasteiger partial charge in [-0.25, -0.2) is 9.50 Å². The van der Waals surface area contributed by atoms with Gasteiger partial charge in [0.2, 0.25) is 0 Å². The number of nitrogens with zero attached hydrogens (tertiary/aromatic N) is 3. The minimum atomic E-state index is 0.213. The van der Waals surface area contributed by atoms with Crippen LogP contribution in [0.15, 0.2) is 18.5 Å². The van der Waals surface area contributed by atoms with Gasteiger partial charge in [0, 0.05) is 24.3 Å². The highest BCUT2D eigenvalue weighted by Gasteiger charge is 2.14. The number of nitrogens with one attached hydrogen (secondary N) is 1. The van der Waals surface area contributed by atoms with E-state index in [9.17, 15) is 0 Å². The van der Waals surface area contributed by atoms with Crippen molar-refractivity contribution < 1.29 is 0 Å². The Hall–Kier alpha value is -1.29. The molecule has 1 atom stereocenters. The van der Waals surface area contributed by atoms with Gasteiger partial charge in [-0.1, -0.05) is 13.8 Å². The number of alkyl halides is 1. The summed E-state index contributed by atoms with van der Waals surface area (Å²) in [5, 5.41) is 7.74. The average molecular weight is 253 g/mol. The van der Waals surface area contributed by atoms with Crippen molar-refractivity contribution in [2.75, 3.05) is 11.2 Å². The second-order valence-corrected chi connectivity index (χ2v) is 4.85. The molecule has 0 amide bonds. The van der Waals surface area contributed by atoms with Crippen molar-refractivity contribution >= 4 is 22.9 Å². The summed E-state index contributed by atoms with van der Waals surface area (Å²) in [5.74, 6) is 1.86. The molecule has 0 saturated carbocycles. The van der Waals surface area contributed by atoms with E-state index in [4.69, 9.17) is 11.6 Å². The quantitative estimate of drug-likeness (QED) is 0.851. The average Bonchev–Trinajstić information content (AvgIpc) is 2.66. The second kappa shape index (κ2) is 4.92. The molecule has 5 heteroatoms. The highest BCUT2D eigenvalue weighted by Crippen LogP contribution is 2.18. The van der Waals surface area contributed by atoms with Crippen LogP contribution in [0.25, 0.3) is 5.52 Å². The highest BCUT2D eigenvalue weighted by atomic mass is 35.5. The van der Waals surface area contributed by atoms with Gasteiger partial charge in [0.25, 0.3) is 0 Å². The van der Waals surface area contributed by atoms with Gasteiger partial charge >= 0.3 is 0 Å². The van der Waals surface area contributed by atoms with Crippen molar-refractivity contribution in [3.8, 4) is 0 Å². The first-order chi connectivity index (χ1) is 8.11. The number of hydrogen-bond donors (Lipinski definition) is 1. The molecule has 17 heavy (non-hydrogen) atoms. The Morgan fingerprint density at radius 1 is 1.47 bits per heavy atom. The lowest BCUT2D eigenvalue weighted by atomic mass is 10.1. The zero-order valence-corrected chi connectivity index (χ0v) is 11.1. The van der Waals surface area contributed by atoms with Gasteiger partial charge in [-0.3, -0.25) is 0 Å². The van der Waals surface area contributed by atoms with Crippen LogP contribution in [0.3, 0.4) is 0 Å². The minimum Gasteiger partial charge on any atom is -0.364 e. The monoisotopic (exact) mass is 252 g/mol. The number of rotatable bonds is 4. The number of aromatic nitrogens is 3. The summed E-state index contributed by atoms with van der Waals surface area (Å²) in [7, 11) is 0. The molecular weight excluding hydrogens is 236 g/mol. The molecule has 4 nitrogen and oxygen atoms in total. The number of aryl methyl sites for hydroxylation is 1. The van der Waals surface area contributed by atoms with E-state index in [1.807, 2.05) is 23.7 Å². The zero-order valence-electron chi connectivity index (χ0n) is 10.3. The fourth-order valence-corrected chi connectivity index (χ4v) is 2.15. The molecule has 0 aliphatic heterocycles. The fraction of sp³-hybridized carbons (Fsp3) is 0.500. The van der Waals surface area contributed by atoms with E-state index in [1.54, 1.807) is 6.20 Å². The topological polar surface area (TPSA) is 42.2 Å². The van der Waals surface area contributed by atoms with Crippen LogP contribution < -0.4 is 5.32 Å². The number of halogens is 1. The van der Waals surface area contributed by atoms with Crippen molar-refractivity contribution in [2.24, 2.45) is 5.92 Å². The lowest BCUT2D eigenvalue weighted by molar-refractivity contribution is 0.563. The van der Waals surface area contributed by atoms with E-state index >= 15 is 0 Å². The molecule has 2 rings (SSSR count). The SMILES string of the molecule is Cc1cc2c(NC(CCl)C(C)C)nccn2n1. The third kappa shape index (κ3) is 2.52. The largest absolute Gasteiger partial charge is 0.364 e. The van der Waals surface area contributed by atoms with E-state index in [1.165, 1.54) is 0 Å². The van der Waals surface area contributed by atoms with Crippen molar-refractivity contribution in [1.29, 1.82) is 0 Å². The maximum Gasteiger partial charge on any atom is 0.152 e. The third-order valence-electron chi connectivity index (χ3n) is 2.81. The molecule has 2 aromatic heterocycles. The van der Waals surface area contributed by atoms with E-state index in [-0.39, 0.29) is 6.04 Å². The molecule has 0 radical (unpaired) electrons. The van der Waals surface area contributed by atoms with Crippen LogP contribution in [-0.4, -0.2) is 26.5 Å². The first-order valence-corrected chi connectivity index (χ1v) is 6.28. The smallest absolute Gasteiger partial charge is 0.152 e. The summed E-state index contributed by atoms with van der Waals surface area (Å²) >= 11 is 5.96. The molecule has 0 fully saturated rings. The highest BCUT2D eigenvalue weighted by molar-refractivity contribution is 6.18. The lowest BCUT2D eigenvalue weighted by Gasteiger charge is -2.20. The van der Waals surface area contributed by atoms with Gasteiger partial charge in [-0.15, -0.1) is 11.6 Å². The molecule has 1 unspecified atom stereocenters. The molecule has 1 N–H and O–H groups in total. The Bertz CT molecular complexity index is 506. The minimum absolute atomic E-state index is 0.213. The summed E-state index contributed by atoms with van der Waals surface area (Å²) in [5.41, 5.74) is 1.97. The molecular formula is C12H17ClN4. The molecule has 2 heterocycles. The molecule has 0 aliphatic carbocycles. The molecule has 0 bridgehead atoms. The van der Waals surface area contributed by atoms with Crippen LogP contribution in [-0.2, 0) is 0 Å². The molecule has 0 aliphatic rings. The van der Waals surface area contributed by atoms with Crippen LogP contribution in [0.1, 0.15) is 19.5 Å². The maximum atomic E-state index is 5.96. The summed E-state index contributed by atoms with van der Waals surface area (Å²) in [6, 6.07) is 2.23. The van der Waals surface area contributed by atoms with E-state index in [0.29, 0.717) is 11.8 Å². The second-order valence-electron chi connectivity index (χ2n) is 4.54. The Balaban J connectivity index is 2.34. The van der Waals surface area contributed by atoms with Crippen molar-refractivity contribution in [2.45, 2.75) is 26.8 Å². The first kappa shape index (κ1) is 12.2. The Morgan fingerprint density at radius 3 is 2.88 bits per heavy atom. The maximum absolute atomic E-state index is 5.96. The molecule has 0 spiro atoms. The van der Waals surface area contributed by atoms with Crippen LogP contribution in [0.4, 0.5) is 5.82 Å². The van der Waals surface area contributed by atoms with E-state index in [0.717, 1.165) is 17.0 Å². The van der Waals surface area contributed by atoms with Crippen molar-refractivity contribution in [3.05, 3.63) is 24.2 Å². The van der Waals surface area contributed by atoms with Crippen LogP contribution in [0, 0.1) is 12.8 Å². The van der Waals surface area contributed by atoms with Crippen LogP contribution >= 0.6 is 11.6 Å². The summed E-state index contributed by atoms with van der Waals surface area (Å²) in [6.07, 6.45) is 3.59. The number of anilines is 1. The lowest BCUT2D eigenvalue weighted by Crippen LogP contribution is -2.28. The Labute approximate surface area is 106 Å². The molecule has 92 valence electrons. The fourth-order valence-electron chi connectivity index (χ4n) is 1.71. The van der Waals surface area contributed by atoms with Gasteiger partial charge in [0.05, 0.1) is 5.69 Å². The van der Waals surface area contributed by atoms with Crippen molar-refractivity contribution in [3.63, 3.8) is 0 Å². The number of hydrogen-bond acceptors (Lipinski definition) is 3. The van der Waals surface area contributed by atoms with E-state index in [2.05, 4.69) is 29.2 Å². The summed E-state index contributed by atoms with van der Waals surface area (Å²) in [4.78, 5) is 4.36. The van der Waals surface area contributed by atoms with E-state index < -0.39 is 0 Å². The third-order valence-corrected chi connectivity index (χ3v) is 3.14. The normalized spacial score (nSPS) is 13.2. The molecule has 2 aromatic rings. The molecule has 0 aromatic carbocycles. The van der Waals surface area contributed by atoms with Gasteiger partial charge in [-0.05, 0) is 18.9 Å². The molecule has 0 saturated heterocycles. The standard InChI is InChI=1S/C12H17ClN4/c1-8(2)10(7-13)15-12-11-6-9(3)16-17(11)5-4-14-12/h4-6,8,10H,7H2,1-3H3,(H,14,15). The first-order valence-electron chi connectivity index (χ1n) is 5.75. The van der Waals surface area contributed by atoms with Crippen LogP contribution in [0.2, 0.25) is 0 Å². The number of fused-ring (bicyclic) bond motifs is 1. The Kier molecular flexibility index (Phi) is 3.52. The van der Waals surface area contributed by atoms with Gasteiger partial charge in [0.15, 0.2) is 5.82 Å². The summed E-state index contributed by atoms with van der Waals surface area (Å²) < 4.78 is 1.83. The van der Waals surface area contributed by atoms with Gasteiger partial charge in [-0.2, -0.15) is 5.10 Å². The zero-order chi connectivity index (χ0) is 12.4.